The molecule has 6 heteroatoms. The van der Waals surface area contributed by atoms with Gasteiger partial charge in [-0.1, -0.05) is 53.5 Å². The lowest BCUT2D eigenvalue weighted by molar-refractivity contribution is -0.153. The first-order valence-corrected chi connectivity index (χ1v) is 15.7. The van der Waals surface area contributed by atoms with Crippen LogP contribution in [0.2, 0.25) is 0 Å². The van der Waals surface area contributed by atoms with E-state index < -0.39 is 39.0 Å². The van der Waals surface area contributed by atoms with Gasteiger partial charge >= 0.3 is 0 Å². The van der Waals surface area contributed by atoms with E-state index in [-0.39, 0.29) is 46.8 Å². The lowest BCUT2D eigenvalue weighted by atomic mass is 9.38. The second kappa shape index (κ2) is 12.0. The quantitative estimate of drug-likeness (QED) is 0.169. The molecule has 236 valence electrons. The lowest BCUT2D eigenvalue weighted by Gasteiger charge is -2.61. The summed E-state index contributed by atoms with van der Waals surface area (Å²) < 4.78 is 6.54. The van der Waals surface area contributed by atoms with Gasteiger partial charge in [0.1, 0.15) is 16.9 Å². The second-order valence-corrected chi connectivity index (χ2v) is 14.2. The molecule has 2 aliphatic rings. The summed E-state index contributed by atoms with van der Waals surface area (Å²) in [4.78, 5) is 44.6. The normalized spacial score (nSPS) is 25.7. The van der Waals surface area contributed by atoms with Crippen molar-refractivity contribution in [2.24, 2.45) is 16.7 Å². The number of Topliss-reactive ketones (excluding diaryl/α,β-unsaturated/α-hetero) is 2. The summed E-state index contributed by atoms with van der Waals surface area (Å²) in [7, 11) is 0. The first-order chi connectivity index (χ1) is 20.5. The van der Waals surface area contributed by atoms with Crippen LogP contribution in [0.5, 0.6) is 11.5 Å². The number of hydrogen-bond donors (Lipinski definition) is 2. The molecule has 2 aliphatic carbocycles. The molecular weight excluding hydrogens is 552 g/mol. The Labute approximate surface area is 261 Å². The number of benzene rings is 1. The van der Waals surface area contributed by atoms with E-state index in [2.05, 4.69) is 46.8 Å². The number of phenols is 2. The molecule has 0 radical (unpaired) electrons. The number of fused-ring (bicyclic) bond motifs is 5. The SMILES string of the molecule is CC(C)=CCC[C@@]1(C)[C@H](CC=C(C)C)C[C@@]2(CC=C(C)C)C(=O)c3c(oc4cc(O)c(O)cc4c3=O)[C@]1(CC=C(C)C)C2=O. The Hall–Kier alpha value is -3.67. The molecule has 0 aliphatic heterocycles. The molecule has 2 bridgehead atoms. The number of hydrogen-bond acceptors (Lipinski definition) is 6. The van der Waals surface area contributed by atoms with Crippen molar-refractivity contribution in [3.05, 3.63) is 80.3 Å². The third kappa shape index (κ3) is 5.31. The van der Waals surface area contributed by atoms with Gasteiger partial charge in [0.15, 0.2) is 23.1 Å². The summed E-state index contributed by atoms with van der Waals surface area (Å²) in [6, 6.07) is 2.35. The molecule has 6 nitrogen and oxygen atoms in total. The van der Waals surface area contributed by atoms with Crippen LogP contribution in [0.3, 0.4) is 0 Å². The molecule has 44 heavy (non-hydrogen) atoms. The fourth-order valence-corrected chi connectivity index (χ4v) is 7.50. The Morgan fingerprint density at radius 2 is 1.41 bits per heavy atom. The molecule has 1 heterocycles. The van der Waals surface area contributed by atoms with Gasteiger partial charge in [-0.15, -0.1) is 0 Å². The van der Waals surface area contributed by atoms with Crippen LogP contribution in [0.1, 0.15) is 117 Å². The van der Waals surface area contributed by atoms with Crippen molar-refractivity contribution in [2.75, 3.05) is 0 Å². The van der Waals surface area contributed by atoms with Crippen LogP contribution in [0.25, 0.3) is 11.0 Å². The summed E-state index contributed by atoms with van der Waals surface area (Å²) >= 11 is 0. The minimum Gasteiger partial charge on any atom is -0.504 e. The van der Waals surface area contributed by atoms with E-state index in [4.69, 9.17) is 4.42 Å². The maximum Gasteiger partial charge on any atom is 0.204 e. The van der Waals surface area contributed by atoms with Crippen molar-refractivity contribution in [3.8, 4) is 11.5 Å². The summed E-state index contributed by atoms with van der Waals surface area (Å²) in [6.07, 6.45) is 11.2. The molecule has 1 aromatic heterocycles. The molecule has 0 spiro atoms. The Balaban J connectivity index is 2.24. The molecule has 1 saturated carbocycles. The molecule has 0 unspecified atom stereocenters. The summed E-state index contributed by atoms with van der Waals surface area (Å²) in [6.45, 7) is 18.2. The van der Waals surface area contributed by atoms with Gasteiger partial charge < -0.3 is 14.6 Å². The molecule has 2 aromatic rings. The zero-order chi connectivity index (χ0) is 32.8. The van der Waals surface area contributed by atoms with Gasteiger partial charge in [0.05, 0.1) is 16.2 Å². The predicted octanol–water partition coefficient (Wildman–Crippen LogP) is 9.04. The van der Waals surface area contributed by atoms with Crippen LogP contribution < -0.4 is 5.43 Å². The van der Waals surface area contributed by atoms with Crippen molar-refractivity contribution >= 4 is 22.5 Å². The van der Waals surface area contributed by atoms with Crippen molar-refractivity contribution < 1.29 is 24.2 Å². The van der Waals surface area contributed by atoms with E-state index in [1.54, 1.807) is 0 Å². The molecular formula is C38H48O6. The van der Waals surface area contributed by atoms with Crippen molar-refractivity contribution in [1.29, 1.82) is 0 Å². The van der Waals surface area contributed by atoms with Gasteiger partial charge in [-0.3, -0.25) is 14.4 Å². The predicted molar refractivity (Wildman–Crippen MR) is 176 cm³/mol. The molecule has 1 aromatic carbocycles. The average Bonchev–Trinajstić information content (AvgIpc) is 2.92. The number of ketones is 2. The zero-order valence-electron chi connectivity index (χ0n) is 27.8. The molecule has 1 fully saturated rings. The largest absolute Gasteiger partial charge is 0.504 e. The maximum atomic E-state index is 15.5. The standard InChI is InChI=1S/C38H48O6/c1-22(2)11-10-16-36(9)26(13-12-23(3)4)21-37(17-14-24(5)6)33(42)31-32(41)27-19-28(39)29(40)20-30(27)44-34(31)38(36,35(37)43)18-15-25(7)8/h11-12,14-15,19-20,26,39-40H,10,13,16-18,21H2,1-9H3/t26-,36+,37+,38-/m1/s1. The van der Waals surface area contributed by atoms with Crippen LogP contribution in [0.15, 0.2) is 67.9 Å². The number of rotatable bonds is 9. The summed E-state index contributed by atoms with van der Waals surface area (Å²) in [5.74, 6) is -1.57. The number of allylic oxidation sites excluding steroid dienone is 8. The van der Waals surface area contributed by atoms with E-state index in [0.29, 0.717) is 19.3 Å². The molecule has 4 rings (SSSR count). The second-order valence-electron chi connectivity index (χ2n) is 14.2. The van der Waals surface area contributed by atoms with Crippen LogP contribution in [-0.2, 0) is 10.2 Å². The lowest BCUT2D eigenvalue weighted by Crippen LogP contribution is -2.68. The highest BCUT2D eigenvalue weighted by molar-refractivity contribution is 6.23. The van der Waals surface area contributed by atoms with Gasteiger partial charge in [-0.2, -0.15) is 0 Å². The van der Waals surface area contributed by atoms with E-state index in [0.717, 1.165) is 29.2 Å². The monoisotopic (exact) mass is 600 g/mol. The van der Waals surface area contributed by atoms with Crippen molar-refractivity contribution in [2.45, 2.75) is 106 Å². The van der Waals surface area contributed by atoms with Gasteiger partial charge in [-0.05, 0) is 111 Å². The fraction of sp³-hybridized carbons (Fsp3) is 0.500. The average molecular weight is 601 g/mol. The Kier molecular flexibility index (Phi) is 9.08. The van der Waals surface area contributed by atoms with Gasteiger partial charge in [0.25, 0.3) is 0 Å². The first-order valence-electron chi connectivity index (χ1n) is 15.7. The highest BCUT2D eigenvalue weighted by Gasteiger charge is 2.72. The van der Waals surface area contributed by atoms with Gasteiger partial charge in [0, 0.05) is 6.07 Å². The number of carbonyl (C=O) groups is 2. The Bertz CT molecular complexity index is 1680. The topological polar surface area (TPSA) is 105 Å². The Morgan fingerprint density at radius 3 is 2.00 bits per heavy atom. The van der Waals surface area contributed by atoms with E-state index in [1.807, 2.05) is 39.8 Å². The zero-order valence-corrected chi connectivity index (χ0v) is 27.8. The Morgan fingerprint density at radius 1 is 0.841 bits per heavy atom. The summed E-state index contributed by atoms with van der Waals surface area (Å²) in [5.41, 5.74) is 0.266. The fourth-order valence-electron chi connectivity index (χ4n) is 7.50. The van der Waals surface area contributed by atoms with E-state index in [1.165, 1.54) is 11.6 Å². The summed E-state index contributed by atoms with van der Waals surface area (Å²) in [5, 5.41) is 20.6. The smallest absolute Gasteiger partial charge is 0.204 e. The highest BCUT2D eigenvalue weighted by atomic mass is 16.3. The third-order valence-corrected chi connectivity index (χ3v) is 10.0. The number of carbonyl (C=O) groups excluding carboxylic acids is 2. The van der Waals surface area contributed by atoms with E-state index >= 15 is 4.79 Å². The molecule has 4 atom stereocenters. The minimum atomic E-state index is -1.43. The van der Waals surface area contributed by atoms with Gasteiger partial charge in [0.2, 0.25) is 5.43 Å². The van der Waals surface area contributed by atoms with E-state index in [9.17, 15) is 19.8 Å². The molecule has 0 amide bonds. The molecule has 2 N–H and O–H groups in total. The van der Waals surface area contributed by atoms with Crippen LogP contribution in [0, 0.1) is 16.7 Å². The van der Waals surface area contributed by atoms with Crippen molar-refractivity contribution in [1.82, 2.24) is 0 Å². The third-order valence-electron chi connectivity index (χ3n) is 10.0. The highest BCUT2D eigenvalue weighted by Crippen LogP contribution is 2.67. The first kappa shape index (κ1) is 33.2. The van der Waals surface area contributed by atoms with Crippen LogP contribution >= 0.6 is 0 Å². The van der Waals surface area contributed by atoms with Crippen LogP contribution in [-0.4, -0.2) is 21.8 Å². The van der Waals surface area contributed by atoms with Gasteiger partial charge in [-0.25, -0.2) is 0 Å². The number of phenolic OH excluding ortho intramolecular Hbond substituents is 2. The number of aromatic hydroxyl groups is 2. The minimum absolute atomic E-state index is 0.00175. The molecule has 0 saturated heterocycles. The van der Waals surface area contributed by atoms with Crippen molar-refractivity contribution in [3.63, 3.8) is 0 Å². The maximum absolute atomic E-state index is 15.5. The van der Waals surface area contributed by atoms with Crippen LogP contribution in [0.4, 0.5) is 0 Å².